The Morgan fingerprint density at radius 2 is 1.66 bits per heavy atom. The molecule has 1 aliphatic rings. The molecule has 5 heteroatoms. The summed E-state index contributed by atoms with van der Waals surface area (Å²) in [6, 6.07) is 27.2. The van der Waals surface area contributed by atoms with Gasteiger partial charge in [0.15, 0.2) is 5.76 Å². The molecule has 32 heavy (non-hydrogen) atoms. The highest BCUT2D eigenvalue weighted by Crippen LogP contribution is 2.32. The van der Waals surface area contributed by atoms with Crippen LogP contribution in [0.15, 0.2) is 95.6 Å². The number of fused-ring (bicyclic) bond motifs is 1. The summed E-state index contributed by atoms with van der Waals surface area (Å²) in [5.74, 6) is 0.0429. The third kappa shape index (κ3) is 4.05. The lowest BCUT2D eigenvalue weighted by atomic mass is 10.0. The van der Waals surface area contributed by atoms with Crippen LogP contribution >= 0.6 is 0 Å². The van der Waals surface area contributed by atoms with Gasteiger partial charge >= 0.3 is 0 Å². The molecule has 5 rings (SSSR count). The highest BCUT2D eigenvalue weighted by atomic mass is 16.3. The van der Waals surface area contributed by atoms with Crippen LogP contribution in [0.1, 0.15) is 21.7 Å². The molecular formula is C27H22N2O3. The van der Waals surface area contributed by atoms with Crippen molar-refractivity contribution in [2.24, 2.45) is 0 Å². The van der Waals surface area contributed by atoms with E-state index in [9.17, 15) is 9.59 Å². The molecule has 0 spiro atoms. The van der Waals surface area contributed by atoms with Crippen LogP contribution in [0.5, 0.6) is 0 Å². The molecule has 1 aliphatic heterocycles. The molecule has 1 aromatic heterocycles. The quantitative estimate of drug-likeness (QED) is 0.473. The molecule has 0 saturated carbocycles. The lowest BCUT2D eigenvalue weighted by molar-refractivity contribution is -0.115. The van der Waals surface area contributed by atoms with Crippen molar-refractivity contribution >= 4 is 23.2 Å². The van der Waals surface area contributed by atoms with Gasteiger partial charge < -0.3 is 14.6 Å². The zero-order valence-electron chi connectivity index (χ0n) is 17.5. The molecule has 0 unspecified atom stereocenters. The van der Waals surface area contributed by atoms with Crippen LogP contribution in [-0.4, -0.2) is 18.4 Å². The smallest absolute Gasteiger partial charge is 0.293 e. The van der Waals surface area contributed by atoms with Crippen LogP contribution in [0.25, 0.3) is 11.1 Å². The minimum absolute atomic E-state index is 0.0979. The number of carbonyl (C=O) groups excluding carboxylic acids is 2. The number of hydrogen-bond donors (Lipinski definition) is 1. The Hall–Kier alpha value is -4.12. The molecule has 0 radical (unpaired) electrons. The molecule has 2 heterocycles. The predicted octanol–water partition coefficient (Wildman–Crippen LogP) is 5.33. The average Bonchev–Trinajstić information content (AvgIpc) is 3.50. The predicted molar refractivity (Wildman–Crippen MR) is 125 cm³/mol. The van der Waals surface area contributed by atoms with Crippen molar-refractivity contribution in [2.45, 2.75) is 12.8 Å². The maximum absolute atomic E-state index is 12.7. The van der Waals surface area contributed by atoms with Gasteiger partial charge in [-0.15, -0.1) is 0 Å². The maximum Gasteiger partial charge on any atom is 0.293 e. The SMILES string of the molecule is O=C(Cc1ccc(-c2ccccc2)cc1)Nc1ccc2c(c1)N(C(=O)c1ccco1)CC2. The standard InChI is InChI=1S/C27H22N2O3/c30-26(17-19-8-10-21(11-9-19)20-5-2-1-3-6-20)28-23-13-12-22-14-15-29(24(22)18-23)27(31)25-7-4-16-32-25/h1-13,16,18H,14-15,17H2,(H,28,30). The fourth-order valence-electron chi connectivity index (χ4n) is 4.04. The molecule has 4 aromatic rings. The van der Waals surface area contributed by atoms with Gasteiger partial charge in [0.05, 0.1) is 12.7 Å². The summed E-state index contributed by atoms with van der Waals surface area (Å²) < 4.78 is 5.26. The Kier molecular flexibility index (Phi) is 5.30. The lowest BCUT2D eigenvalue weighted by Crippen LogP contribution is -2.28. The zero-order chi connectivity index (χ0) is 21.9. The average molecular weight is 422 g/mol. The van der Waals surface area contributed by atoms with E-state index in [1.165, 1.54) is 6.26 Å². The third-order valence-corrected chi connectivity index (χ3v) is 5.67. The number of nitrogens with zero attached hydrogens (tertiary/aromatic N) is 1. The number of hydrogen-bond acceptors (Lipinski definition) is 3. The summed E-state index contributed by atoms with van der Waals surface area (Å²) in [5, 5.41) is 2.96. The molecule has 5 nitrogen and oxygen atoms in total. The first-order valence-corrected chi connectivity index (χ1v) is 10.6. The Balaban J connectivity index is 1.26. The summed E-state index contributed by atoms with van der Waals surface area (Å²) in [7, 11) is 0. The van der Waals surface area contributed by atoms with Crippen molar-refractivity contribution in [1.82, 2.24) is 0 Å². The van der Waals surface area contributed by atoms with Crippen LogP contribution in [-0.2, 0) is 17.6 Å². The minimum atomic E-state index is -0.171. The van der Waals surface area contributed by atoms with E-state index < -0.39 is 0 Å². The fraction of sp³-hybridized carbons (Fsp3) is 0.111. The van der Waals surface area contributed by atoms with E-state index >= 15 is 0 Å². The van der Waals surface area contributed by atoms with Gasteiger partial charge in [0.2, 0.25) is 5.91 Å². The Morgan fingerprint density at radius 1 is 0.875 bits per heavy atom. The van der Waals surface area contributed by atoms with Crippen LogP contribution in [0.3, 0.4) is 0 Å². The summed E-state index contributed by atoms with van der Waals surface area (Å²) in [5.41, 5.74) is 5.78. The number of carbonyl (C=O) groups is 2. The summed E-state index contributed by atoms with van der Waals surface area (Å²) in [4.78, 5) is 27.1. The number of amides is 2. The Morgan fingerprint density at radius 3 is 2.41 bits per heavy atom. The normalized spacial score (nSPS) is 12.4. The van der Waals surface area contributed by atoms with Crippen molar-refractivity contribution in [2.75, 3.05) is 16.8 Å². The van der Waals surface area contributed by atoms with Crippen molar-refractivity contribution < 1.29 is 14.0 Å². The van der Waals surface area contributed by atoms with E-state index in [-0.39, 0.29) is 18.2 Å². The van der Waals surface area contributed by atoms with E-state index in [2.05, 4.69) is 17.4 Å². The topological polar surface area (TPSA) is 62.6 Å². The fourth-order valence-corrected chi connectivity index (χ4v) is 4.04. The van der Waals surface area contributed by atoms with E-state index in [1.807, 2.05) is 60.7 Å². The molecule has 158 valence electrons. The van der Waals surface area contributed by atoms with E-state index in [4.69, 9.17) is 4.42 Å². The zero-order valence-corrected chi connectivity index (χ0v) is 17.5. The van der Waals surface area contributed by atoms with E-state index in [1.54, 1.807) is 17.0 Å². The molecule has 0 aliphatic carbocycles. The van der Waals surface area contributed by atoms with Gasteiger partial charge in [-0.25, -0.2) is 0 Å². The monoisotopic (exact) mass is 422 g/mol. The molecule has 1 N–H and O–H groups in total. The molecule has 0 bridgehead atoms. The van der Waals surface area contributed by atoms with E-state index in [0.29, 0.717) is 18.0 Å². The van der Waals surface area contributed by atoms with Gasteiger partial charge in [0.25, 0.3) is 5.91 Å². The third-order valence-electron chi connectivity index (χ3n) is 5.67. The minimum Gasteiger partial charge on any atom is -0.459 e. The highest BCUT2D eigenvalue weighted by molar-refractivity contribution is 6.06. The van der Waals surface area contributed by atoms with Gasteiger partial charge in [0, 0.05) is 17.9 Å². The largest absolute Gasteiger partial charge is 0.459 e. The van der Waals surface area contributed by atoms with Crippen LogP contribution < -0.4 is 10.2 Å². The van der Waals surface area contributed by atoms with Gasteiger partial charge in [0.1, 0.15) is 0 Å². The number of furan rings is 1. The first-order chi connectivity index (χ1) is 15.7. The van der Waals surface area contributed by atoms with Gasteiger partial charge in [-0.3, -0.25) is 9.59 Å². The van der Waals surface area contributed by atoms with Crippen LogP contribution in [0.4, 0.5) is 11.4 Å². The van der Waals surface area contributed by atoms with E-state index in [0.717, 1.165) is 34.4 Å². The second kappa shape index (κ2) is 8.55. The Bertz CT molecular complexity index is 1250. The first-order valence-electron chi connectivity index (χ1n) is 10.6. The van der Waals surface area contributed by atoms with Crippen molar-refractivity contribution in [3.05, 3.63) is 108 Å². The van der Waals surface area contributed by atoms with Crippen LogP contribution in [0.2, 0.25) is 0 Å². The number of rotatable bonds is 5. The van der Waals surface area contributed by atoms with Gasteiger partial charge in [-0.05, 0) is 52.9 Å². The van der Waals surface area contributed by atoms with Crippen molar-refractivity contribution in [1.29, 1.82) is 0 Å². The molecular weight excluding hydrogens is 400 g/mol. The number of anilines is 2. The second-order valence-electron chi connectivity index (χ2n) is 7.82. The summed E-state index contributed by atoms with van der Waals surface area (Å²) in [6.07, 6.45) is 2.55. The highest BCUT2D eigenvalue weighted by Gasteiger charge is 2.27. The summed E-state index contributed by atoms with van der Waals surface area (Å²) in [6.45, 7) is 0.597. The van der Waals surface area contributed by atoms with Gasteiger partial charge in [-0.1, -0.05) is 60.7 Å². The lowest BCUT2D eigenvalue weighted by Gasteiger charge is -2.17. The summed E-state index contributed by atoms with van der Waals surface area (Å²) >= 11 is 0. The van der Waals surface area contributed by atoms with Crippen molar-refractivity contribution in [3.8, 4) is 11.1 Å². The van der Waals surface area contributed by atoms with Crippen molar-refractivity contribution in [3.63, 3.8) is 0 Å². The number of benzene rings is 3. The first kappa shape index (κ1) is 19.8. The number of nitrogens with one attached hydrogen (secondary N) is 1. The van der Waals surface area contributed by atoms with Crippen LogP contribution in [0, 0.1) is 0 Å². The maximum atomic E-state index is 12.7. The molecule has 0 atom stereocenters. The second-order valence-corrected chi connectivity index (χ2v) is 7.82. The molecule has 0 fully saturated rings. The Labute approximate surface area is 186 Å². The molecule has 3 aromatic carbocycles. The van der Waals surface area contributed by atoms with Gasteiger partial charge in [-0.2, -0.15) is 0 Å². The molecule has 0 saturated heterocycles. The molecule has 2 amide bonds.